The highest BCUT2D eigenvalue weighted by molar-refractivity contribution is 5.87. The maximum absolute atomic E-state index is 3.30. The van der Waals surface area contributed by atoms with Crippen LogP contribution >= 0.6 is 0 Å². The number of rotatable bonds is 3. The van der Waals surface area contributed by atoms with Crippen LogP contribution < -0.4 is 5.32 Å². The van der Waals surface area contributed by atoms with Crippen molar-refractivity contribution in [2.75, 3.05) is 13.6 Å². The number of fused-ring (bicyclic) bond motifs is 1. The van der Waals surface area contributed by atoms with Crippen molar-refractivity contribution in [3.05, 3.63) is 48.0 Å². The van der Waals surface area contributed by atoms with E-state index in [4.69, 9.17) is 0 Å². The predicted octanol–water partition coefficient (Wildman–Crippen LogP) is 3.34. The molecule has 1 aliphatic carbocycles. The maximum atomic E-state index is 3.30. The summed E-state index contributed by atoms with van der Waals surface area (Å²) in [5, 5.41) is 6.09. The van der Waals surface area contributed by atoms with Gasteiger partial charge in [-0.25, -0.2) is 0 Å². The van der Waals surface area contributed by atoms with Crippen LogP contribution in [0.15, 0.2) is 42.5 Å². The Morgan fingerprint density at radius 3 is 2.76 bits per heavy atom. The van der Waals surface area contributed by atoms with Gasteiger partial charge in [0.05, 0.1) is 0 Å². The number of benzene rings is 2. The summed E-state index contributed by atoms with van der Waals surface area (Å²) in [6.45, 7) is 3.52. The number of hydrogen-bond acceptors (Lipinski definition) is 1. The number of hydrogen-bond donors (Lipinski definition) is 1. The minimum absolute atomic E-state index is 0.379. The quantitative estimate of drug-likeness (QED) is 0.844. The Bertz CT molecular complexity index is 541. The average Bonchev–Trinajstić information content (AvgIpc) is 3.01. The first-order valence-electron chi connectivity index (χ1n) is 6.38. The summed E-state index contributed by atoms with van der Waals surface area (Å²) in [5.74, 6) is 0.790. The Hall–Kier alpha value is -1.34. The molecule has 17 heavy (non-hydrogen) atoms. The maximum Gasteiger partial charge on any atom is -0.00148 e. The summed E-state index contributed by atoms with van der Waals surface area (Å²) in [5.41, 5.74) is 1.90. The van der Waals surface area contributed by atoms with E-state index in [9.17, 15) is 0 Å². The van der Waals surface area contributed by atoms with Gasteiger partial charge in [0.15, 0.2) is 0 Å². The highest BCUT2D eigenvalue weighted by atomic mass is 14.8. The van der Waals surface area contributed by atoms with Gasteiger partial charge in [0.2, 0.25) is 0 Å². The molecule has 0 amide bonds. The molecule has 2 unspecified atom stereocenters. The normalized spacial score (nSPS) is 27.3. The van der Waals surface area contributed by atoms with Crippen molar-refractivity contribution < 1.29 is 0 Å². The molecule has 0 radical (unpaired) electrons. The lowest BCUT2D eigenvalue weighted by atomic mass is 9.90. The van der Waals surface area contributed by atoms with Gasteiger partial charge in [-0.3, -0.25) is 0 Å². The first-order chi connectivity index (χ1) is 8.25. The molecule has 2 aromatic rings. The summed E-state index contributed by atoms with van der Waals surface area (Å²) in [4.78, 5) is 0. The van der Waals surface area contributed by atoms with Gasteiger partial charge >= 0.3 is 0 Å². The van der Waals surface area contributed by atoms with Gasteiger partial charge in [-0.05, 0) is 47.7 Å². The summed E-state index contributed by atoms with van der Waals surface area (Å²) in [6, 6.07) is 15.4. The molecule has 2 aromatic carbocycles. The molecule has 1 heteroatoms. The third-order valence-corrected chi connectivity index (χ3v) is 4.27. The van der Waals surface area contributed by atoms with Gasteiger partial charge in [-0.1, -0.05) is 49.4 Å². The third kappa shape index (κ3) is 1.66. The van der Waals surface area contributed by atoms with E-state index in [0.717, 1.165) is 12.5 Å². The second kappa shape index (κ2) is 3.85. The Kier molecular flexibility index (Phi) is 2.44. The van der Waals surface area contributed by atoms with Crippen molar-refractivity contribution in [3.8, 4) is 0 Å². The summed E-state index contributed by atoms with van der Waals surface area (Å²) in [7, 11) is 2.04. The van der Waals surface area contributed by atoms with Crippen molar-refractivity contribution in [2.45, 2.75) is 18.8 Å². The van der Waals surface area contributed by atoms with E-state index in [0.29, 0.717) is 5.41 Å². The average molecular weight is 225 g/mol. The molecule has 88 valence electrons. The van der Waals surface area contributed by atoms with Gasteiger partial charge in [0.25, 0.3) is 0 Å². The van der Waals surface area contributed by atoms with Crippen LogP contribution in [0, 0.1) is 5.92 Å². The van der Waals surface area contributed by atoms with E-state index in [2.05, 4.69) is 54.7 Å². The van der Waals surface area contributed by atoms with E-state index in [1.54, 1.807) is 0 Å². The van der Waals surface area contributed by atoms with E-state index >= 15 is 0 Å². The standard InChI is InChI=1S/C16H19N/c1-16(10-13(16)11-17-2)15-9-5-7-12-6-3-4-8-14(12)15/h3-9,13,17H,10-11H2,1-2H3. The molecule has 0 aromatic heterocycles. The third-order valence-electron chi connectivity index (χ3n) is 4.27. The van der Waals surface area contributed by atoms with Gasteiger partial charge in [-0.15, -0.1) is 0 Å². The molecule has 1 fully saturated rings. The lowest BCUT2D eigenvalue weighted by Gasteiger charge is -2.15. The fourth-order valence-corrected chi connectivity index (χ4v) is 3.05. The van der Waals surface area contributed by atoms with E-state index in [1.807, 2.05) is 7.05 Å². The fourth-order valence-electron chi connectivity index (χ4n) is 3.05. The Morgan fingerprint density at radius 2 is 1.94 bits per heavy atom. The van der Waals surface area contributed by atoms with Crippen molar-refractivity contribution in [3.63, 3.8) is 0 Å². The predicted molar refractivity (Wildman–Crippen MR) is 73.3 cm³/mol. The molecule has 1 saturated carbocycles. The largest absolute Gasteiger partial charge is 0.319 e. The summed E-state index contributed by atoms with van der Waals surface area (Å²) < 4.78 is 0. The Balaban J connectivity index is 2.07. The molecule has 0 aliphatic heterocycles. The van der Waals surface area contributed by atoms with Crippen LogP contribution in [0.3, 0.4) is 0 Å². The van der Waals surface area contributed by atoms with Crippen LogP contribution in [-0.4, -0.2) is 13.6 Å². The Morgan fingerprint density at radius 1 is 1.18 bits per heavy atom. The molecule has 0 heterocycles. The van der Waals surface area contributed by atoms with Crippen LogP contribution in [0.4, 0.5) is 0 Å². The second-order valence-electron chi connectivity index (χ2n) is 5.40. The number of nitrogens with one attached hydrogen (secondary N) is 1. The minimum Gasteiger partial charge on any atom is -0.319 e. The van der Waals surface area contributed by atoms with Crippen molar-refractivity contribution in [2.24, 2.45) is 5.92 Å². The molecule has 3 rings (SSSR count). The van der Waals surface area contributed by atoms with E-state index in [-0.39, 0.29) is 0 Å². The van der Waals surface area contributed by atoms with Gasteiger partial charge in [0.1, 0.15) is 0 Å². The SMILES string of the molecule is CNCC1CC1(C)c1cccc2ccccc12. The van der Waals surface area contributed by atoms with Gasteiger partial charge < -0.3 is 5.32 Å². The first-order valence-corrected chi connectivity index (χ1v) is 6.38. The van der Waals surface area contributed by atoms with Crippen LogP contribution in [0.2, 0.25) is 0 Å². The summed E-state index contributed by atoms with van der Waals surface area (Å²) >= 11 is 0. The zero-order chi connectivity index (χ0) is 11.9. The highest BCUT2D eigenvalue weighted by Crippen LogP contribution is 2.55. The zero-order valence-corrected chi connectivity index (χ0v) is 10.5. The smallest absolute Gasteiger partial charge is 0.00148 e. The van der Waals surface area contributed by atoms with E-state index < -0.39 is 0 Å². The van der Waals surface area contributed by atoms with Gasteiger partial charge in [0, 0.05) is 0 Å². The van der Waals surface area contributed by atoms with Crippen molar-refractivity contribution >= 4 is 10.8 Å². The molecule has 0 bridgehead atoms. The molecule has 1 aliphatic rings. The van der Waals surface area contributed by atoms with Crippen LogP contribution in [0.1, 0.15) is 18.9 Å². The zero-order valence-electron chi connectivity index (χ0n) is 10.5. The lowest BCUT2D eigenvalue weighted by Crippen LogP contribution is -2.16. The molecule has 0 spiro atoms. The monoisotopic (exact) mass is 225 g/mol. The van der Waals surface area contributed by atoms with Crippen molar-refractivity contribution in [1.29, 1.82) is 0 Å². The molecule has 0 saturated heterocycles. The highest BCUT2D eigenvalue weighted by Gasteiger charge is 2.50. The van der Waals surface area contributed by atoms with Crippen molar-refractivity contribution in [1.82, 2.24) is 5.32 Å². The second-order valence-corrected chi connectivity index (χ2v) is 5.40. The topological polar surface area (TPSA) is 12.0 Å². The molecule has 1 nitrogen and oxygen atoms in total. The van der Waals surface area contributed by atoms with Crippen LogP contribution in [0.25, 0.3) is 10.8 Å². The van der Waals surface area contributed by atoms with Crippen LogP contribution in [0.5, 0.6) is 0 Å². The van der Waals surface area contributed by atoms with E-state index in [1.165, 1.54) is 22.8 Å². The fraction of sp³-hybridized carbons (Fsp3) is 0.375. The molecular weight excluding hydrogens is 206 g/mol. The minimum atomic E-state index is 0.379. The molecule has 2 atom stereocenters. The van der Waals surface area contributed by atoms with Gasteiger partial charge in [-0.2, -0.15) is 0 Å². The first kappa shape index (κ1) is 10.8. The van der Waals surface area contributed by atoms with Crippen LogP contribution in [-0.2, 0) is 5.41 Å². The molecule has 1 N–H and O–H groups in total. The lowest BCUT2D eigenvalue weighted by molar-refractivity contribution is 0.620. The summed E-state index contributed by atoms with van der Waals surface area (Å²) in [6.07, 6.45) is 1.31. The Labute approximate surface area is 103 Å². The molecular formula is C16H19N.